The fourth-order valence-corrected chi connectivity index (χ4v) is 6.66. The molecule has 1 aromatic heterocycles. The Bertz CT molecular complexity index is 1890. The number of hydrogen-bond acceptors (Lipinski definition) is 18. The average Bonchev–Trinajstić information content (AvgIpc) is 3.91. The molecule has 72 heavy (non-hydrogen) atoms. The minimum atomic E-state index is -0.890. The molecule has 2 atom stereocenters. The molecule has 4 amide bonds. The molecule has 0 saturated carbocycles. The number of rotatable bonds is 44. The Morgan fingerprint density at radius 1 is 0.708 bits per heavy atom. The summed E-state index contributed by atoms with van der Waals surface area (Å²) in [5.41, 5.74) is 3.05. The molecule has 1 saturated heterocycles. The van der Waals surface area contributed by atoms with Crippen LogP contribution >= 0.6 is 0 Å². The Balaban J connectivity index is 1.16. The molecule has 24 heteroatoms. The first-order valence-electron chi connectivity index (χ1n) is 24.3. The van der Waals surface area contributed by atoms with Gasteiger partial charge in [0.15, 0.2) is 0 Å². The van der Waals surface area contributed by atoms with Gasteiger partial charge < -0.3 is 78.4 Å². The molecule has 2 heterocycles. The zero-order valence-corrected chi connectivity index (χ0v) is 42.1. The van der Waals surface area contributed by atoms with E-state index in [2.05, 4.69) is 32.8 Å². The van der Waals surface area contributed by atoms with E-state index in [4.69, 9.17) is 52.5 Å². The Morgan fingerprint density at radius 2 is 1.24 bits per heavy atom. The predicted octanol–water partition coefficient (Wildman–Crippen LogP) is 1.08. The van der Waals surface area contributed by atoms with Gasteiger partial charge in [0, 0.05) is 30.3 Å². The number of aromatic nitrogens is 3. The van der Waals surface area contributed by atoms with Crippen molar-refractivity contribution in [1.29, 1.82) is 0 Å². The van der Waals surface area contributed by atoms with Crippen LogP contribution < -0.4 is 16.0 Å². The quantitative estimate of drug-likeness (QED) is 0.0581. The van der Waals surface area contributed by atoms with Crippen molar-refractivity contribution in [3.05, 3.63) is 53.5 Å². The van der Waals surface area contributed by atoms with Gasteiger partial charge in [-0.15, -0.1) is 5.10 Å². The number of nitrogens with one attached hydrogen (secondary N) is 3. The summed E-state index contributed by atoms with van der Waals surface area (Å²) in [6, 6.07) is 4.12. The number of anilines is 1. The molecule has 1 fully saturated rings. The van der Waals surface area contributed by atoms with Crippen LogP contribution in [-0.2, 0) is 97.7 Å². The third-order valence-electron chi connectivity index (χ3n) is 10.5. The van der Waals surface area contributed by atoms with Gasteiger partial charge in [0.2, 0.25) is 23.6 Å². The Kier molecular flexibility index (Phi) is 32.1. The lowest BCUT2D eigenvalue weighted by molar-refractivity contribution is -0.138. The molecule has 5 N–H and O–H groups in total. The minimum Gasteiger partial charge on any atom is -0.481 e. The third kappa shape index (κ3) is 27.2. The maximum atomic E-state index is 13.0. The lowest BCUT2D eigenvalue weighted by atomic mass is 10.0. The van der Waals surface area contributed by atoms with Crippen molar-refractivity contribution in [3.8, 4) is 0 Å². The lowest BCUT2D eigenvalue weighted by Crippen LogP contribution is -2.51. The first kappa shape index (κ1) is 61.3. The second-order valence-corrected chi connectivity index (χ2v) is 16.7. The molecule has 3 rings (SSSR count). The van der Waals surface area contributed by atoms with Crippen LogP contribution in [0.5, 0.6) is 0 Å². The van der Waals surface area contributed by atoms with E-state index >= 15 is 0 Å². The van der Waals surface area contributed by atoms with E-state index in [1.54, 1.807) is 47.8 Å². The molecule has 2 aromatic rings. The van der Waals surface area contributed by atoms with Gasteiger partial charge >= 0.3 is 5.97 Å². The van der Waals surface area contributed by atoms with Crippen LogP contribution in [0.4, 0.5) is 5.69 Å². The summed E-state index contributed by atoms with van der Waals surface area (Å²) in [5.74, 6) is -2.61. The van der Waals surface area contributed by atoms with E-state index in [9.17, 15) is 29.1 Å². The van der Waals surface area contributed by atoms with Crippen LogP contribution in [0.1, 0.15) is 56.9 Å². The summed E-state index contributed by atoms with van der Waals surface area (Å²) in [5, 5.41) is 34.8. The number of carboxylic acid groups (broad SMARTS) is 1. The normalized spacial score (nSPS) is 14.1. The predicted molar refractivity (Wildman–Crippen MR) is 258 cm³/mol. The molecule has 1 aromatic carbocycles. The van der Waals surface area contributed by atoms with E-state index in [0.717, 1.165) is 5.70 Å². The molecule has 0 bridgehead atoms. The number of carboxylic acids is 1. The number of carbonyl (C=O) groups is 5. The number of nitrogens with zero attached hydrogens (tertiary/aromatic N) is 4. The van der Waals surface area contributed by atoms with Crippen LogP contribution in [0.2, 0.25) is 0 Å². The molecule has 0 spiro atoms. The van der Waals surface area contributed by atoms with E-state index in [0.29, 0.717) is 141 Å². The van der Waals surface area contributed by atoms with Crippen molar-refractivity contribution >= 4 is 35.3 Å². The first-order chi connectivity index (χ1) is 34.9. The average molecular weight is 1020 g/mol. The van der Waals surface area contributed by atoms with E-state index in [1.165, 1.54) is 0 Å². The van der Waals surface area contributed by atoms with Gasteiger partial charge in [-0.05, 0) is 35.6 Å². The van der Waals surface area contributed by atoms with Crippen molar-refractivity contribution in [2.45, 2.75) is 72.4 Å². The topological polar surface area (TPSA) is 288 Å². The summed E-state index contributed by atoms with van der Waals surface area (Å²) in [4.78, 5) is 62.7. The number of amides is 4. The maximum absolute atomic E-state index is 13.0. The number of aliphatic hydroxyl groups excluding tert-OH is 1. The number of likely N-dealkylation sites (tertiary alicyclic amines) is 1. The molecule has 0 aliphatic carbocycles. The number of benzene rings is 1. The molecular weight excluding hydrogens is 947 g/mol. The minimum absolute atomic E-state index is 0.0159. The van der Waals surface area contributed by atoms with Crippen LogP contribution in [0.15, 0.2) is 36.7 Å². The van der Waals surface area contributed by atoms with Crippen LogP contribution in [0.25, 0.3) is 0 Å². The number of allylic oxidation sites excluding steroid dienone is 1. The maximum Gasteiger partial charge on any atom is 0.305 e. The largest absolute Gasteiger partial charge is 0.481 e. The van der Waals surface area contributed by atoms with Crippen molar-refractivity contribution in [2.75, 3.05) is 137 Å². The molecule has 1 aliphatic rings. The van der Waals surface area contributed by atoms with Crippen molar-refractivity contribution in [2.24, 2.45) is 11.8 Å². The number of aliphatic hydroxyl groups is 1. The number of hydrogen-bond donors (Lipinski definition) is 5. The fourth-order valence-electron chi connectivity index (χ4n) is 6.66. The second-order valence-electron chi connectivity index (χ2n) is 16.7. The second kappa shape index (κ2) is 37.7. The van der Waals surface area contributed by atoms with Crippen molar-refractivity contribution < 1.29 is 81.6 Å². The Morgan fingerprint density at radius 3 is 1.76 bits per heavy atom. The van der Waals surface area contributed by atoms with Gasteiger partial charge in [0.1, 0.15) is 11.7 Å². The summed E-state index contributed by atoms with van der Waals surface area (Å²) >= 11 is 0. The molecule has 24 nitrogen and oxygen atoms in total. The monoisotopic (exact) mass is 1020 g/mol. The lowest BCUT2D eigenvalue weighted by Gasteiger charge is -2.22. The highest BCUT2D eigenvalue weighted by molar-refractivity contribution is 5.96. The Labute approximate surface area is 421 Å². The molecule has 0 radical (unpaired) electrons. The Hall–Kier alpha value is -4.99. The van der Waals surface area contributed by atoms with Gasteiger partial charge in [-0.25, -0.2) is 4.68 Å². The van der Waals surface area contributed by atoms with E-state index in [1.807, 2.05) is 6.92 Å². The van der Waals surface area contributed by atoms with Gasteiger partial charge in [0.05, 0.1) is 164 Å². The van der Waals surface area contributed by atoms with Gasteiger partial charge in [-0.2, -0.15) is 0 Å². The highest BCUT2D eigenvalue weighted by Crippen LogP contribution is 2.25. The number of aliphatic carboxylic acids is 1. The fraction of sp³-hybridized carbons (Fsp3) is 0.688. The standard InChI is InChI=1S/C48H77N7O17/c1-36(2)46(51-43(57)7-11-63-14-10-55-38(4)29-37(3)48(55)62)47(61)49-31-44(58)50-41-6-5-39(33-56)40(30-41)34-72-35-42-32-54(53-52-42)9-13-65-16-18-67-20-22-69-24-26-71-28-27-70-25-23-68-21-19-66-17-15-64-12-8-45(59)60/h5-6,30,32,36-37,46,56H,4,7-29,31,33-35H2,1-3H3,(H,49,61)(H,50,58)(H,51,57)(H,59,60). The number of carbonyl (C=O) groups excluding carboxylic acids is 4. The van der Waals surface area contributed by atoms with Crippen molar-refractivity contribution in [3.63, 3.8) is 0 Å². The zero-order chi connectivity index (χ0) is 52.2. The molecule has 2 unspecified atom stereocenters. The SMILES string of the molecule is C=C1CC(C)C(=O)N1CCOCCC(=O)NC(C(=O)NCC(=O)Nc1ccc(CO)c(COCc2cn(CCOCCOCCOCCOCCOCCOCCOCCOCCC(=O)O)nn2)c1)C(C)C. The highest BCUT2D eigenvalue weighted by Gasteiger charge is 2.31. The summed E-state index contributed by atoms with van der Waals surface area (Å²) in [6.07, 6.45) is 2.37. The molecule has 406 valence electrons. The van der Waals surface area contributed by atoms with Gasteiger partial charge in [-0.1, -0.05) is 38.6 Å². The van der Waals surface area contributed by atoms with Crippen LogP contribution in [0.3, 0.4) is 0 Å². The first-order valence-corrected chi connectivity index (χ1v) is 24.3. The van der Waals surface area contributed by atoms with Crippen LogP contribution in [-0.4, -0.2) is 198 Å². The van der Waals surface area contributed by atoms with E-state index < -0.39 is 23.8 Å². The summed E-state index contributed by atoms with van der Waals surface area (Å²) < 4.78 is 56.6. The smallest absolute Gasteiger partial charge is 0.305 e. The third-order valence-corrected chi connectivity index (χ3v) is 10.5. The highest BCUT2D eigenvalue weighted by atomic mass is 16.6. The van der Waals surface area contributed by atoms with Gasteiger partial charge in [-0.3, -0.25) is 24.0 Å². The number of ether oxygens (including phenoxy) is 10. The van der Waals surface area contributed by atoms with E-state index in [-0.39, 0.29) is 82.7 Å². The molecule has 1 aliphatic heterocycles. The summed E-state index contributed by atoms with van der Waals surface area (Å²) in [7, 11) is 0. The summed E-state index contributed by atoms with van der Waals surface area (Å²) in [6.45, 7) is 16.7. The zero-order valence-electron chi connectivity index (χ0n) is 42.1. The molecular formula is C48H77N7O17. The van der Waals surface area contributed by atoms with Gasteiger partial charge in [0.25, 0.3) is 0 Å². The van der Waals surface area contributed by atoms with Crippen molar-refractivity contribution in [1.82, 2.24) is 30.5 Å². The van der Waals surface area contributed by atoms with Crippen LogP contribution in [0, 0.1) is 11.8 Å².